The fraction of sp³-hybridized carbons (Fsp3) is 0.333. The van der Waals surface area contributed by atoms with Gasteiger partial charge < -0.3 is 15.0 Å². The third-order valence-corrected chi connectivity index (χ3v) is 5.34. The maximum Gasteiger partial charge on any atom is 0.257 e. The Morgan fingerprint density at radius 1 is 1.08 bits per heavy atom. The lowest BCUT2D eigenvalue weighted by Gasteiger charge is -2.22. The van der Waals surface area contributed by atoms with Crippen LogP contribution < -0.4 is 10.5 Å². The first kappa shape index (κ1) is 15.6. The minimum Gasteiger partial charge on any atom is -0.493 e. The number of nitrogens with zero attached hydrogens (tertiary/aromatic N) is 2. The molecule has 1 aliphatic heterocycles. The zero-order valence-electron chi connectivity index (χ0n) is 14.6. The van der Waals surface area contributed by atoms with Crippen molar-refractivity contribution >= 4 is 0 Å². The van der Waals surface area contributed by atoms with E-state index in [0.29, 0.717) is 18.1 Å². The number of aromatic nitrogens is 2. The number of fused-ring (bicyclic) bond motifs is 2. The highest BCUT2D eigenvalue weighted by Gasteiger charge is 2.19. The second kappa shape index (κ2) is 6.25. The second-order valence-electron chi connectivity index (χ2n) is 7.15. The predicted molar refractivity (Wildman–Crippen MR) is 98.0 cm³/mol. The van der Waals surface area contributed by atoms with Gasteiger partial charge in [-0.25, -0.2) is 0 Å². The normalized spacial score (nSPS) is 18.3. The largest absolute Gasteiger partial charge is 0.493 e. The van der Waals surface area contributed by atoms with Crippen LogP contribution in [0, 0.1) is 0 Å². The summed E-state index contributed by atoms with van der Waals surface area (Å²) in [4.78, 5) is 4.59. The summed E-state index contributed by atoms with van der Waals surface area (Å²) in [6, 6.07) is 12.7. The van der Waals surface area contributed by atoms with Gasteiger partial charge in [-0.2, -0.15) is 4.98 Å². The van der Waals surface area contributed by atoms with Gasteiger partial charge in [-0.1, -0.05) is 23.4 Å². The highest BCUT2D eigenvalue weighted by atomic mass is 16.5. The van der Waals surface area contributed by atoms with E-state index >= 15 is 0 Å². The van der Waals surface area contributed by atoms with E-state index in [1.807, 2.05) is 6.07 Å². The molecule has 1 atom stereocenters. The molecule has 0 saturated carbocycles. The Hall–Kier alpha value is -2.66. The zero-order chi connectivity index (χ0) is 17.5. The van der Waals surface area contributed by atoms with Gasteiger partial charge in [-0.15, -0.1) is 0 Å². The molecule has 0 radical (unpaired) electrons. The summed E-state index contributed by atoms with van der Waals surface area (Å²) in [5.41, 5.74) is 12.2. The summed E-state index contributed by atoms with van der Waals surface area (Å²) in [6.45, 7) is 0.769. The van der Waals surface area contributed by atoms with Crippen molar-refractivity contribution in [1.82, 2.24) is 10.1 Å². The first-order valence-electron chi connectivity index (χ1n) is 9.22. The number of benzene rings is 2. The molecule has 0 fully saturated rings. The second-order valence-corrected chi connectivity index (χ2v) is 7.15. The summed E-state index contributed by atoms with van der Waals surface area (Å²) < 4.78 is 11.1. The monoisotopic (exact) mass is 347 g/mol. The quantitative estimate of drug-likeness (QED) is 0.783. The molecule has 2 aromatic carbocycles. The van der Waals surface area contributed by atoms with Crippen molar-refractivity contribution in [2.24, 2.45) is 5.73 Å². The molecule has 2 N–H and O–H groups in total. The molecule has 0 spiro atoms. The number of aryl methyl sites for hydroxylation is 1. The van der Waals surface area contributed by atoms with Crippen LogP contribution in [0.2, 0.25) is 0 Å². The predicted octanol–water partition coefficient (Wildman–Crippen LogP) is 3.60. The number of hydrogen-bond donors (Lipinski definition) is 1. The van der Waals surface area contributed by atoms with Crippen LogP contribution >= 0.6 is 0 Å². The van der Waals surface area contributed by atoms with Gasteiger partial charge in [0, 0.05) is 24.4 Å². The molecule has 1 aromatic heterocycles. The van der Waals surface area contributed by atoms with Crippen LogP contribution in [0.3, 0.4) is 0 Å². The molecule has 132 valence electrons. The first-order chi connectivity index (χ1) is 12.8. The van der Waals surface area contributed by atoms with Crippen molar-refractivity contribution in [3.63, 3.8) is 0 Å². The Bertz CT molecular complexity index is 964. The summed E-state index contributed by atoms with van der Waals surface area (Å²) >= 11 is 0. The van der Waals surface area contributed by atoms with E-state index in [0.717, 1.165) is 43.6 Å². The highest BCUT2D eigenvalue weighted by molar-refractivity contribution is 5.56. The fourth-order valence-electron chi connectivity index (χ4n) is 3.94. The maximum absolute atomic E-state index is 6.27. The van der Waals surface area contributed by atoms with Gasteiger partial charge in [0.1, 0.15) is 5.75 Å². The van der Waals surface area contributed by atoms with Crippen molar-refractivity contribution in [1.29, 1.82) is 0 Å². The number of hydrogen-bond acceptors (Lipinski definition) is 5. The van der Waals surface area contributed by atoms with Gasteiger partial charge in [0.05, 0.1) is 6.61 Å². The van der Waals surface area contributed by atoms with Gasteiger partial charge in [0.15, 0.2) is 5.82 Å². The molecule has 1 unspecified atom stereocenters. The average molecular weight is 347 g/mol. The molecule has 5 heteroatoms. The Labute approximate surface area is 152 Å². The van der Waals surface area contributed by atoms with Crippen molar-refractivity contribution in [3.05, 3.63) is 64.5 Å². The van der Waals surface area contributed by atoms with Crippen molar-refractivity contribution in [2.45, 2.75) is 38.1 Å². The first-order valence-corrected chi connectivity index (χ1v) is 9.22. The Balaban J connectivity index is 1.39. The molecule has 26 heavy (non-hydrogen) atoms. The van der Waals surface area contributed by atoms with E-state index < -0.39 is 0 Å². The molecule has 0 saturated heterocycles. The lowest BCUT2D eigenvalue weighted by atomic mass is 9.87. The van der Waals surface area contributed by atoms with E-state index in [1.54, 1.807) is 0 Å². The molecule has 3 aromatic rings. The molecular weight excluding hydrogens is 326 g/mol. The number of rotatable bonds is 3. The van der Waals surface area contributed by atoms with E-state index in [1.165, 1.54) is 22.3 Å². The maximum atomic E-state index is 6.27. The number of nitrogens with two attached hydrogens (primary N) is 1. The molecule has 0 amide bonds. The van der Waals surface area contributed by atoms with Crippen molar-refractivity contribution < 1.29 is 9.26 Å². The smallest absolute Gasteiger partial charge is 0.257 e. The molecule has 2 heterocycles. The van der Waals surface area contributed by atoms with Crippen LogP contribution in [0.1, 0.15) is 47.0 Å². The van der Waals surface area contributed by atoms with Crippen molar-refractivity contribution in [2.75, 3.05) is 6.61 Å². The Morgan fingerprint density at radius 2 is 2.04 bits per heavy atom. The molecule has 0 bridgehead atoms. The summed E-state index contributed by atoms with van der Waals surface area (Å²) in [7, 11) is 0. The van der Waals surface area contributed by atoms with Crippen LogP contribution in [0.4, 0.5) is 0 Å². The summed E-state index contributed by atoms with van der Waals surface area (Å²) in [6.07, 6.45) is 4.91. The highest BCUT2D eigenvalue weighted by Crippen LogP contribution is 2.32. The van der Waals surface area contributed by atoms with Crippen LogP contribution in [0.25, 0.3) is 11.5 Å². The molecule has 2 aliphatic rings. The van der Waals surface area contributed by atoms with Crippen LogP contribution in [-0.4, -0.2) is 16.7 Å². The zero-order valence-corrected chi connectivity index (χ0v) is 14.6. The van der Waals surface area contributed by atoms with Crippen LogP contribution in [-0.2, 0) is 19.3 Å². The lowest BCUT2D eigenvalue weighted by Crippen LogP contribution is -2.17. The van der Waals surface area contributed by atoms with E-state index in [9.17, 15) is 0 Å². The third kappa shape index (κ3) is 2.78. The van der Waals surface area contributed by atoms with E-state index in [-0.39, 0.29) is 6.04 Å². The molecule has 5 nitrogen and oxygen atoms in total. The summed E-state index contributed by atoms with van der Waals surface area (Å²) in [5, 5.41) is 4.16. The van der Waals surface area contributed by atoms with Crippen LogP contribution in [0.15, 0.2) is 40.9 Å². The van der Waals surface area contributed by atoms with Crippen molar-refractivity contribution in [3.8, 4) is 17.2 Å². The Morgan fingerprint density at radius 3 is 3.00 bits per heavy atom. The molecule has 1 aliphatic carbocycles. The summed E-state index contributed by atoms with van der Waals surface area (Å²) in [5.74, 6) is 2.25. The average Bonchev–Trinajstić information content (AvgIpc) is 3.31. The van der Waals surface area contributed by atoms with E-state index in [4.69, 9.17) is 15.0 Å². The Kier molecular flexibility index (Phi) is 3.75. The van der Waals surface area contributed by atoms with Gasteiger partial charge in [-0.05, 0) is 59.7 Å². The van der Waals surface area contributed by atoms with E-state index in [2.05, 4.69) is 40.5 Å². The van der Waals surface area contributed by atoms with Crippen LogP contribution in [0.5, 0.6) is 5.75 Å². The van der Waals surface area contributed by atoms with Gasteiger partial charge in [0.2, 0.25) is 0 Å². The standard InChI is InChI=1S/C21H21N3O2/c22-18-3-1-2-14-5-6-16(12-17(14)18)21-23-20(24-26-21)11-13-4-7-19-15(10-13)8-9-25-19/h4-7,10,12,18H,1-3,8-9,11,22H2. The van der Waals surface area contributed by atoms with Gasteiger partial charge in [0.25, 0.3) is 5.89 Å². The fourth-order valence-corrected chi connectivity index (χ4v) is 3.94. The minimum absolute atomic E-state index is 0.106. The number of ether oxygens (including phenoxy) is 1. The topological polar surface area (TPSA) is 74.2 Å². The SMILES string of the molecule is NC1CCCc2ccc(-c3nc(Cc4ccc5c(c4)CCO5)no3)cc21. The lowest BCUT2D eigenvalue weighted by molar-refractivity contribution is 0.357. The minimum atomic E-state index is 0.106. The third-order valence-electron chi connectivity index (χ3n) is 5.34. The molecule has 5 rings (SSSR count). The molecular formula is C21H21N3O2. The van der Waals surface area contributed by atoms with Gasteiger partial charge >= 0.3 is 0 Å². The van der Waals surface area contributed by atoms with Gasteiger partial charge in [-0.3, -0.25) is 0 Å².